The third kappa shape index (κ3) is 3.36. The molecule has 1 atom stereocenters. The first-order valence-corrected chi connectivity index (χ1v) is 6.67. The van der Waals surface area contributed by atoms with Crippen LogP contribution in [0.3, 0.4) is 0 Å². The number of aromatic amines is 1. The summed E-state index contributed by atoms with van der Waals surface area (Å²) in [6.07, 6.45) is 1.48. The van der Waals surface area contributed by atoms with Crippen molar-refractivity contribution >= 4 is 11.8 Å². The van der Waals surface area contributed by atoms with Gasteiger partial charge in [-0.1, -0.05) is 30.0 Å². The minimum Gasteiger partial charge on any atom is -0.496 e. The third-order valence-corrected chi connectivity index (χ3v) is 3.76. The van der Waals surface area contributed by atoms with E-state index >= 15 is 0 Å². The SMILES string of the molecule is COc1ccccc1C(CN)Sc1nccc(=O)[nH]1. The molecule has 2 aromatic rings. The van der Waals surface area contributed by atoms with Crippen LogP contribution in [0.5, 0.6) is 5.75 Å². The van der Waals surface area contributed by atoms with Crippen LogP contribution in [0.1, 0.15) is 10.8 Å². The molecule has 0 aliphatic carbocycles. The van der Waals surface area contributed by atoms with Crippen LogP contribution in [0.15, 0.2) is 46.5 Å². The van der Waals surface area contributed by atoms with Gasteiger partial charge in [0.15, 0.2) is 5.16 Å². The zero-order valence-electron chi connectivity index (χ0n) is 10.5. The number of ether oxygens (including phenoxy) is 1. The number of nitrogens with one attached hydrogen (secondary N) is 1. The molecule has 1 aromatic heterocycles. The predicted molar refractivity (Wildman–Crippen MR) is 75.5 cm³/mol. The molecule has 1 aromatic carbocycles. The first-order chi connectivity index (χ1) is 9.24. The molecule has 0 saturated carbocycles. The number of H-pyrrole nitrogens is 1. The molecule has 0 aliphatic heterocycles. The molecule has 100 valence electrons. The van der Waals surface area contributed by atoms with Crippen LogP contribution in [0.25, 0.3) is 0 Å². The Balaban J connectivity index is 2.27. The third-order valence-electron chi connectivity index (χ3n) is 2.60. The van der Waals surface area contributed by atoms with Gasteiger partial charge in [-0.2, -0.15) is 0 Å². The van der Waals surface area contributed by atoms with Crippen LogP contribution in [0.2, 0.25) is 0 Å². The van der Waals surface area contributed by atoms with Crippen molar-refractivity contribution < 1.29 is 4.74 Å². The lowest BCUT2D eigenvalue weighted by molar-refractivity contribution is 0.409. The van der Waals surface area contributed by atoms with E-state index in [0.717, 1.165) is 11.3 Å². The summed E-state index contributed by atoms with van der Waals surface area (Å²) in [4.78, 5) is 18.1. The van der Waals surface area contributed by atoms with E-state index in [1.165, 1.54) is 24.0 Å². The smallest absolute Gasteiger partial charge is 0.251 e. The number of thioether (sulfide) groups is 1. The van der Waals surface area contributed by atoms with Gasteiger partial charge in [0.25, 0.3) is 5.56 Å². The van der Waals surface area contributed by atoms with Gasteiger partial charge in [0.2, 0.25) is 0 Å². The summed E-state index contributed by atoms with van der Waals surface area (Å²) >= 11 is 1.41. The van der Waals surface area contributed by atoms with Crippen molar-refractivity contribution in [1.29, 1.82) is 0 Å². The van der Waals surface area contributed by atoms with E-state index in [4.69, 9.17) is 10.5 Å². The topological polar surface area (TPSA) is 81.0 Å². The predicted octanol–water partition coefficient (Wildman–Crippen LogP) is 1.57. The number of nitrogens with two attached hydrogens (primary N) is 1. The van der Waals surface area contributed by atoms with Crippen molar-refractivity contribution in [3.05, 3.63) is 52.4 Å². The highest BCUT2D eigenvalue weighted by molar-refractivity contribution is 7.99. The van der Waals surface area contributed by atoms with Crippen LogP contribution in [-0.2, 0) is 0 Å². The average molecular weight is 277 g/mol. The van der Waals surface area contributed by atoms with Gasteiger partial charge in [0, 0.05) is 24.4 Å². The van der Waals surface area contributed by atoms with Crippen LogP contribution < -0.4 is 16.0 Å². The number of methoxy groups -OCH3 is 1. The molecule has 0 saturated heterocycles. The number of nitrogens with zero attached hydrogens (tertiary/aromatic N) is 1. The molecule has 0 aliphatic rings. The van der Waals surface area contributed by atoms with Crippen molar-refractivity contribution in [2.75, 3.05) is 13.7 Å². The summed E-state index contributed by atoms with van der Waals surface area (Å²) < 4.78 is 5.33. The van der Waals surface area contributed by atoms with Crippen molar-refractivity contribution in [3.8, 4) is 5.75 Å². The van der Waals surface area contributed by atoms with E-state index in [0.29, 0.717) is 11.7 Å². The summed E-state index contributed by atoms with van der Waals surface area (Å²) in [6.45, 7) is 0.420. The minimum atomic E-state index is -0.173. The van der Waals surface area contributed by atoms with E-state index in [2.05, 4.69) is 9.97 Å². The average Bonchev–Trinajstić information content (AvgIpc) is 2.45. The second-order valence-corrected chi connectivity index (χ2v) is 5.01. The van der Waals surface area contributed by atoms with E-state index in [1.54, 1.807) is 7.11 Å². The van der Waals surface area contributed by atoms with Gasteiger partial charge in [-0.25, -0.2) is 4.98 Å². The molecule has 0 spiro atoms. The molecule has 2 rings (SSSR count). The molecular formula is C13H15N3O2S. The second kappa shape index (κ2) is 6.40. The van der Waals surface area contributed by atoms with E-state index in [9.17, 15) is 4.79 Å². The lowest BCUT2D eigenvalue weighted by Gasteiger charge is -2.16. The Kier molecular flexibility index (Phi) is 4.59. The van der Waals surface area contributed by atoms with Gasteiger partial charge in [-0.05, 0) is 6.07 Å². The Morgan fingerprint density at radius 1 is 1.42 bits per heavy atom. The van der Waals surface area contributed by atoms with Crippen LogP contribution in [0.4, 0.5) is 0 Å². The molecule has 3 N–H and O–H groups in total. The molecule has 0 amide bonds. The summed E-state index contributed by atoms with van der Waals surface area (Å²) in [7, 11) is 1.62. The monoisotopic (exact) mass is 277 g/mol. The molecule has 1 heterocycles. The van der Waals surface area contributed by atoms with Crippen molar-refractivity contribution in [2.24, 2.45) is 5.73 Å². The number of hydrogen-bond donors (Lipinski definition) is 2. The van der Waals surface area contributed by atoms with Gasteiger partial charge >= 0.3 is 0 Å². The molecule has 0 radical (unpaired) electrons. The second-order valence-electron chi connectivity index (χ2n) is 3.82. The van der Waals surface area contributed by atoms with Crippen LogP contribution in [0, 0.1) is 0 Å². The van der Waals surface area contributed by atoms with Crippen molar-refractivity contribution in [2.45, 2.75) is 10.4 Å². The van der Waals surface area contributed by atoms with Gasteiger partial charge in [0.05, 0.1) is 12.4 Å². The highest BCUT2D eigenvalue weighted by atomic mass is 32.2. The van der Waals surface area contributed by atoms with E-state index in [-0.39, 0.29) is 10.8 Å². The highest BCUT2D eigenvalue weighted by Crippen LogP contribution is 2.36. The molecule has 0 fully saturated rings. The first kappa shape index (κ1) is 13.6. The number of benzene rings is 1. The van der Waals surface area contributed by atoms with Crippen molar-refractivity contribution in [3.63, 3.8) is 0 Å². The zero-order chi connectivity index (χ0) is 13.7. The van der Waals surface area contributed by atoms with Gasteiger partial charge in [0.1, 0.15) is 5.75 Å². The molecule has 5 nitrogen and oxygen atoms in total. The Labute approximate surface area is 115 Å². The maximum atomic E-state index is 11.3. The van der Waals surface area contributed by atoms with Gasteiger partial charge in [-0.15, -0.1) is 0 Å². The highest BCUT2D eigenvalue weighted by Gasteiger charge is 2.16. The van der Waals surface area contributed by atoms with E-state index in [1.807, 2.05) is 24.3 Å². The fourth-order valence-corrected chi connectivity index (χ4v) is 2.69. The molecule has 6 heteroatoms. The summed E-state index contributed by atoms with van der Waals surface area (Å²) in [5.74, 6) is 0.781. The lowest BCUT2D eigenvalue weighted by atomic mass is 10.1. The number of para-hydroxylation sites is 1. The Morgan fingerprint density at radius 3 is 2.89 bits per heavy atom. The molecule has 1 unspecified atom stereocenters. The molecule has 0 bridgehead atoms. The number of aromatic nitrogens is 2. The quantitative estimate of drug-likeness (QED) is 0.640. The van der Waals surface area contributed by atoms with Crippen LogP contribution >= 0.6 is 11.8 Å². The fourth-order valence-electron chi connectivity index (χ4n) is 1.72. The molecule has 19 heavy (non-hydrogen) atoms. The number of rotatable bonds is 5. The van der Waals surface area contributed by atoms with E-state index < -0.39 is 0 Å². The maximum Gasteiger partial charge on any atom is 0.251 e. The fraction of sp³-hybridized carbons (Fsp3) is 0.231. The zero-order valence-corrected chi connectivity index (χ0v) is 11.3. The summed E-state index contributed by atoms with van der Waals surface area (Å²) in [6, 6.07) is 9.07. The summed E-state index contributed by atoms with van der Waals surface area (Å²) in [5.41, 5.74) is 6.64. The minimum absolute atomic E-state index is 0.0262. The lowest BCUT2D eigenvalue weighted by Crippen LogP contribution is -2.12. The van der Waals surface area contributed by atoms with Gasteiger partial charge in [-0.3, -0.25) is 4.79 Å². The standard InChI is InChI=1S/C13H15N3O2S/c1-18-10-5-3-2-4-9(10)11(8-14)19-13-15-7-6-12(17)16-13/h2-7,11H,8,14H2,1H3,(H,15,16,17). The summed E-state index contributed by atoms with van der Waals surface area (Å²) in [5, 5.41) is 0.524. The van der Waals surface area contributed by atoms with Crippen LogP contribution in [-0.4, -0.2) is 23.6 Å². The first-order valence-electron chi connectivity index (χ1n) is 5.79. The van der Waals surface area contributed by atoms with Gasteiger partial charge < -0.3 is 15.5 Å². The Bertz CT molecular complexity index is 600. The normalized spacial score (nSPS) is 12.1. The molecular weight excluding hydrogens is 262 g/mol. The Morgan fingerprint density at radius 2 is 2.21 bits per heavy atom. The maximum absolute atomic E-state index is 11.3. The largest absolute Gasteiger partial charge is 0.496 e. The van der Waals surface area contributed by atoms with Crippen molar-refractivity contribution in [1.82, 2.24) is 9.97 Å². The Hall–Kier alpha value is -1.79. The number of hydrogen-bond acceptors (Lipinski definition) is 5.